The Morgan fingerprint density at radius 3 is 2.48 bits per heavy atom. The summed E-state index contributed by atoms with van der Waals surface area (Å²) in [6, 6.07) is 11.6. The Labute approximate surface area is 170 Å². The van der Waals surface area contributed by atoms with Crippen LogP contribution < -0.4 is 16.0 Å². The van der Waals surface area contributed by atoms with Gasteiger partial charge in [0.05, 0.1) is 0 Å². The fraction of sp³-hybridized carbons (Fsp3) is 0.133. The molecule has 0 saturated carbocycles. The maximum Gasteiger partial charge on any atom is 0.253 e. The summed E-state index contributed by atoms with van der Waals surface area (Å²) in [6.45, 7) is 0. The predicted octanol–water partition coefficient (Wildman–Crippen LogP) is 4.15. The number of benzene rings is 1. The molecular formula is C15H12Cl4N4OS. The van der Waals surface area contributed by atoms with Gasteiger partial charge in [-0.05, 0) is 42.5 Å². The van der Waals surface area contributed by atoms with Crippen LogP contribution in [0.15, 0.2) is 48.7 Å². The molecule has 1 atom stereocenters. The van der Waals surface area contributed by atoms with Crippen LogP contribution in [-0.4, -0.2) is 26.0 Å². The number of nitrogens with one attached hydrogen (secondary N) is 3. The normalized spacial score (nSPS) is 12.2. The minimum Gasteiger partial charge on any atom is -0.339 e. The fourth-order valence-electron chi connectivity index (χ4n) is 1.76. The molecule has 132 valence electrons. The van der Waals surface area contributed by atoms with Gasteiger partial charge in [-0.3, -0.25) is 4.79 Å². The quantitative estimate of drug-likeness (QED) is 0.381. The molecule has 0 spiro atoms. The molecule has 1 aromatic heterocycles. The van der Waals surface area contributed by atoms with Gasteiger partial charge >= 0.3 is 0 Å². The number of halogens is 4. The number of hydrogen-bond acceptors (Lipinski definition) is 3. The molecule has 0 aliphatic heterocycles. The Morgan fingerprint density at radius 2 is 1.88 bits per heavy atom. The van der Waals surface area contributed by atoms with Gasteiger partial charge in [-0.2, -0.15) is 0 Å². The van der Waals surface area contributed by atoms with Gasteiger partial charge in [-0.1, -0.05) is 58.5 Å². The monoisotopic (exact) mass is 436 g/mol. The van der Waals surface area contributed by atoms with E-state index in [0.29, 0.717) is 16.4 Å². The standard InChI is InChI=1S/C15H12Cl4N4OS/c16-10-5-3-4-9(8-10)12(24)22-13(15(17,18)19)23-14(25)21-11-6-1-2-7-20-11/h1-8,13H,(H,22,24)(H2,20,21,23,25)/t13-/m0/s1. The Morgan fingerprint density at radius 1 is 1.12 bits per heavy atom. The van der Waals surface area contributed by atoms with Crippen LogP contribution in [0.3, 0.4) is 0 Å². The van der Waals surface area contributed by atoms with Crippen molar-refractivity contribution in [3.05, 3.63) is 59.2 Å². The van der Waals surface area contributed by atoms with Crippen molar-refractivity contribution in [3.8, 4) is 0 Å². The lowest BCUT2D eigenvalue weighted by molar-refractivity contribution is 0.0934. The molecule has 5 nitrogen and oxygen atoms in total. The maximum atomic E-state index is 12.3. The lowest BCUT2D eigenvalue weighted by atomic mass is 10.2. The van der Waals surface area contributed by atoms with E-state index >= 15 is 0 Å². The van der Waals surface area contributed by atoms with Gasteiger partial charge in [0, 0.05) is 16.8 Å². The minimum atomic E-state index is -1.86. The number of carbonyl (C=O) groups excluding carboxylic acids is 1. The molecule has 1 amide bonds. The van der Waals surface area contributed by atoms with Gasteiger partial charge < -0.3 is 16.0 Å². The van der Waals surface area contributed by atoms with Gasteiger partial charge in [0.2, 0.25) is 3.79 Å². The van der Waals surface area contributed by atoms with Crippen molar-refractivity contribution in [2.45, 2.75) is 9.96 Å². The smallest absolute Gasteiger partial charge is 0.253 e. The zero-order valence-electron chi connectivity index (χ0n) is 12.5. The topological polar surface area (TPSA) is 66.1 Å². The highest BCUT2D eigenvalue weighted by molar-refractivity contribution is 7.80. The average Bonchev–Trinajstić information content (AvgIpc) is 2.54. The fourth-order valence-corrected chi connectivity index (χ4v) is 2.50. The summed E-state index contributed by atoms with van der Waals surface area (Å²) in [5, 5.41) is 8.67. The van der Waals surface area contributed by atoms with Crippen LogP contribution >= 0.6 is 58.6 Å². The van der Waals surface area contributed by atoms with Crippen LogP contribution in [0.25, 0.3) is 0 Å². The highest BCUT2D eigenvalue weighted by atomic mass is 35.6. The van der Waals surface area contributed by atoms with E-state index in [9.17, 15) is 4.79 Å². The summed E-state index contributed by atoms with van der Waals surface area (Å²) in [5.74, 6) is 0.0243. The number of carbonyl (C=O) groups is 1. The molecule has 0 fully saturated rings. The Hall–Kier alpha value is -1.31. The van der Waals surface area contributed by atoms with Crippen molar-refractivity contribution in [1.29, 1.82) is 0 Å². The van der Waals surface area contributed by atoms with E-state index in [2.05, 4.69) is 20.9 Å². The van der Waals surface area contributed by atoms with E-state index in [1.807, 2.05) is 0 Å². The van der Waals surface area contributed by atoms with Crippen LogP contribution in [0, 0.1) is 0 Å². The number of aromatic nitrogens is 1. The van der Waals surface area contributed by atoms with E-state index in [1.165, 1.54) is 6.07 Å². The first-order valence-corrected chi connectivity index (χ1v) is 8.79. The summed E-state index contributed by atoms with van der Waals surface area (Å²) in [4.78, 5) is 16.4. The molecular weight excluding hydrogens is 426 g/mol. The van der Waals surface area contributed by atoms with Crippen LogP contribution in [0.1, 0.15) is 10.4 Å². The lowest BCUT2D eigenvalue weighted by Crippen LogP contribution is -2.56. The largest absolute Gasteiger partial charge is 0.339 e. The maximum absolute atomic E-state index is 12.3. The van der Waals surface area contributed by atoms with E-state index < -0.39 is 15.9 Å². The Balaban J connectivity index is 2.06. The highest BCUT2D eigenvalue weighted by Gasteiger charge is 2.35. The molecule has 0 bridgehead atoms. The van der Waals surface area contributed by atoms with Crippen LogP contribution in [0.5, 0.6) is 0 Å². The number of pyridine rings is 1. The molecule has 1 aromatic carbocycles. The van der Waals surface area contributed by atoms with E-state index in [4.69, 9.17) is 58.6 Å². The molecule has 2 rings (SSSR count). The first-order valence-electron chi connectivity index (χ1n) is 6.87. The summed E-state index contributed by atoms with van der Waals surface area (Å²) in [5.41, 5.74) is 0.317. The number of nitrogens with zero attached hydrogens (tertiary/aromatic N) is 1. The van der Waals surface area contributed by atoms with Gasteiger partial charge in [-0.15, -0.1) is 0 Å². The third-order valence-electron chi connectivity index (χ3n) is 2.87. The van der Waals surface area contributed by atoms with Gasteiger partial charge in [0.15, 0.2) is 5.11 Å². The summed E-state index contributed by atoms with van der Waals surface area (Å²) in [6.07, 6.45) is 0.505. The van der Waals surface area contributed by atoms with Crippen molar-refractivity contribution in [2.24, 2.45) is 0 Å². The molecule has 0 radical (unpaired) electrons. The number of thiocarbonyl (C=S) groups is 1. The molecule has 3 N–H and O–H groups in total. The number of rotatable bonds is 4. The molecule has 10 heteroatoms. The van der Waals surface area contributed by atoms with E-state index in [1.54, 1.807) is 42.6 Å². The minimum absolute atomic E-state index is 0.126. The molecule has 0 unspecified atom stereocenters. The SMILES string of the molecule is O=C(N[C@@H](NC(=S)Nc1ccccn1)C(Cl)(Cl)Cl)c1cccc(Cl)c1. The third-order valence-corrected chi connectivity index (χ3v) is 3.98. The van der Waals surface area contributed by atoms with Gasteiger partial charge in [-0.25, -0.2) is 4.98 Å². The highest BCUT2D eigenvalue weighted by Crippen LogP contribution is 2.29. The second-order valence-electron chi connectivity index (χ2n) is 4.77. The zero-order valence-corrected chi connectivity index (χ0v) is 16.3. The second kappa shape index (κ2) is 8.87. The van der Waals surface area contributed by atoms with Crippen molar-refractivity contribution in [2.75, 3.05) is 5.32 Å². The molecule has 0 aliphatic carbocycles. The first-order chi connectivity index (χ1) is 11.8. The average molecular weight is 438 g/mol. The Bertz CT molecular complexity index is 755. The Kier molecular flexibility index (Phi) is 7.10. The van der Waals surface area contributed by atoms with Crippen molar-refractivity contribution in [3.63, 3.8) is 0 Å². The van der Waals surface area contributed by atoms with Crippen LogP contribution in [0.2, 0.25) is 5.02 Å². The van der Waals surface area contributed by atoms with Crippen LogP contribution in [0.4, 0.5) is 5.82 Å². The third kappa shape index (κ3) is 6.49. The lowest BCUT2D eigenvalue weighted by Gasteiger charge is -2.27. The summed E-state index contributed by atoms with van der Waals surface area (Å²) < 4.78 is -1.86. The van der Waals surface area contributed by atoms with E-state index in [0.717, 1.165) is 0 Å². The number of hydrogen-bond donors (Lipinski definition) is 3. The van der Waals surface area contributed by atoms with Gasteiger partial charge in [0.1, 0.15) is 12.0 Å². The van der Waals surface area contributed by atoms with Gasteiger partial charge in [0.25, 0.3) is 5.91 Å². The summed E-state index contributed by atoms with van der Waals surface area (Å²) >= 11 is 28.8. The molecule has 0 aliphatic rings. The zero-order chi connectivity index (χ0) is 18.4. The number of alkyl halides is 3. The molecule has 2 aromatic rings. The van der Waals surface area contributed by atoms with Crippen molar-refractivity contribution in [1.82, 2.24) is 15.6 Å². The van der Waals surface area contributed by atoms with Crippen molar-refractivity contribution < 1.29 is 4.79 Å². The first kappa shape index (κ1) is 20.0. The summed E-state index contributed by atoms with van der Waals surface area (Å²) in [7, 11) is 0. The predicted molar refractivity (Wildman–Crippen MR) is 107 cm³/mol. The van der Waals surface area contributed by atoms with E-state index in [-0.39, 0.29) is 5.11 Å². The molecule has 1 heterocycles. The molecule has 0 saturated heterocycles. The molecule has 25 heavy (non-hydrogen) atoms. The van der Waals surface area contributed by atoms with Crippen molar-refractivity contribution >= 4 is 75.5 Å². The van der Waals surface area contributed by atoms with Crippen LogP contribution in [-0.2, 0) is 0 Å². The number of anilines is 1. The second-order valence-corrected chi connectivity index (χ2v) is 7.99. The number of amides is 1.